The van der Waals surface area contributed by atoms with Crippen LogP contribution >= 0.6 is 11.6 Å². The number of aryl methyl sites for hydroxylation is 1. The van der Waals surface area contributed by atoms with Crippen LogP contribution in [0.25, 0.3) is 0 Å². The number of carbonyl (C=O) groups excluding carboxylic acids is 5. The molecule has 2 atom stereocenters. The van der Waals surface area contributed by atoms with E-state index in [2.05, 4.69) is 0 Å². The van der Waals surface area contributed by atoms with Crippen LogP contribution in [0.3, 0.4) is 0 Å². The Balaban J connectivity index is 1.63. The molecule has 0 unspecified atom stereocenters. The van der Waals surface area contributed by atoms with Gasteiger partial charge >= 0.3 is 12.1 Å². The van der Waals surface area contributed by atoms with E-state index in [4.69, 9.17) is 21.2 Å². The number of hydroxylamine groups is 2. The fourth-order valence-corrected chi connectivity index (χ4v) is 5.40. The monoisotopic (exact) mass is 545 g/mol. The minimum Gasteiger partial charge on any atom is -0.444 e. The van der Waals surface area contributed by atoms with Gasteiger partial charge in [0.1, 0.15) is 5.60 Å². The van der Waals surface area contributed by atoms with Crippen molar-refractivity contribution in [3.8, 4) is 0 Å². The molecule has 0 saturated carbocycles. The number of halogens is 1. The molecule has 0 N–H and O–H groups in total. The molecule has 2 saturated heterocycles. The van der Waals surface area contributed by atoms with Crippen LogP contribution < -0.4 is 0 Å². The Morgan fingerprint density at radius 2 is 1.79 bits per heavy atom. The summed E-state index contributed by atoms with van der Waals surface area (Å²) in [4.78, 5) is 71.7. The molecule has 10 nitrogen and oxygen atoms in total. The van der Waals surface area contributed by atoms with Crippen LogP contribution in [0.4, 0.5) is 4.79 Å². The zero-order valence-corrected chi connectivity index (χ0v) is 23.0. The lowest BCUT2D eigenvalue weighted by atomic mass is 9.74. The molecule has 2 fully saturated rings. The summed E-state index contributed by atoms with van der Waals surface area (Å²) in [6.45, 7) is 9.66. The lowest BCUT2D eigenvalue weighted by Gasteiger charge is -2.40. The maximum atomic E-state index is 13.8. The molecule has 3 aliphatic rings. The van der Waals surface area contributed by atoms with Crippen LogP contribution in [0.5, 0.6) is 0 Å². The van der Waals surface area contributed by atoms with Crippen molar-refractivity contribution in [2.45, 2.75) is 66.0 Å². The van der Waals surface area contributed by atoms with E-state index in [1.165, 1.54) is 4.90 Å². The van der Waals surface area contributed by atoms with Crippen molar-refractivity contribution in [2.75, 3.05) is 13.1 Å². The number of hydrogen-bond donors (Lipinski definition) is 0. The first kappa shape index (κ1) is 27.6. The van der Waals surface area contributed by atoms with Gasteiger partial charge in [-0.15, -0.1) is 5.06 Å². The summed E-state index contributed by atoms with van der Waals surface area (Å²) in [5.74, 6) is -3.27. The predicted molar refractivity (Wildman–Crippen MR) is 136 cm³/mol. The quantitative estimate of drug-likeness (QED) is 0.518. The first-order valence-corrected chi connectivity index (χ1v) is 12.9. The van der Waals surface area contributed by atoms with Crippen LogP contribution in [0, 0.1) is 18.3 Å². The SMILES string of the molecule is Cc1cc(Cl)ccc1CN1C(=O)[C@@H](CC(=O)ON2C(=O)CCC2=O)[C@]2(C)CN(C(=O)OC(C)(C)C)CC=C12. The molecule has 4 amide bonds. The minimum absolute atomic E-state index is 0.0296. The second-order valence-electron chi connectivity index (χ2n) is 11.2. The van der Waals surface area contributed by atoms with Gasteiger partial charge in [-0.1, -0.05) is 24.6 Å². The van der Waals surface area contributed by atoms with E-state index in [9.17, 15) is 24.0 Å². The third-order valence-electron chi connectivity index (χ3n) is 7.09. The summed E-state index contributed by atoms with van der Waals surface area (Å²) in [5.41, 5.74) is 0.849. The number of hydrogen-bond acceptors (Lipinski definition) is 7. The minimum atomic E-state index is -0.940. The van der Waals surface area contributed by atoms with Crippen molar-refractivity contribution in [3.05, 3.63) is 46.1 Å². The smallest absolute Gasteiger partial charge is 0.410 e. The highest BCUT2D eigenvalue weighted by atomic mass is 35.5. The molecule has 0 aromatic heterocycles. The Bertz CT molecular complexity index is 1220. The molecule has 11 heteroatoms. The molecule has 0 radical (unpaired) electrons. The van der Waals surface area contributed by atoms with Crippen molar-refractivity contribution in [2.24, 2.45) is 11.3 Å². The largest absolute Gasteiger partial charge is 0.444 e. The topological polar surface area (TPSA) is 114 Å². The van der Waals surface area contributed by atoms with E-state index in [1.807, 2.05) is 32.1 Å². The standard InChI is InChI=1S/C27H32ClN3O7/c1-16-12-18(28)7-6-17(16)14-30-20-10-11-29(25(36)37-26(2,3)4)15-27(20,5)19(24(30)35)13-23(34)38-31-21(32)8-9-22(31)33/h6-7,10,12,19H,8-9,11,13-15H2,1-5H3/t19-,27+/m1/s1. The van der Waals surface area contributed by atoms with Crippen molar-refractivity contribution < 1.29 is 33.5 Å². The van der Waals surface area contributed by atoms with Crippen LogP contribution in [-0.4, -0.2) is 63.3 Å². The Hall–Kier alpha value is -3.40. The Kier molecular flexibility index (Phi) is 7.31. The molecule has 1 aromatic rings. The Labute approximate surface area is 226 Å². The number of nitrogens with zero attached hydrogens (tertiary/aromatic N) is 3. The average Bonchev–Trinajstić information content (AvgIpc) is 3.22. The number of rotatable bonds is 5. The molecule has 1 aromatic carbocycles. The Morgan fingerprint density at radius 1 is 1.13 bits per heavy atom. The van der Waals surface area contributed by atoms with Gasteiger partial charge in [0.15, 0.2) is 0 Å². The summed E-state index contributed by atoms with van der Waals surface area (Å²) in [5, 5.41) is 1.06. The fraction of sp³-hybridized carbons (Fsp3) is 0.519. The van der Waals surface area contributed by atoms with Gasteiger partial charge in [-0.3, -0.25) is 14.4 Å². The third kappa shape index (κ3) is 5.41. The average molecular weight is 546 g/mol. The summed E-state index contributed by atoms with van der Waals surface area (Å²) in [6, 6.07) is 5.42. The summed E-state index contributed by atoms with van der Waals surface area (Å²) < 4.78 is 5.55. The van der Waals surface area contributed by atoms with E-state index in [0.29, 0.717) is 15.8 Å². The number of fused-ring (bicyclic) bond motifs is 1. The number of imide groups is 1. The Morgan fingerprint density at radius 3 is 2.39 bits per heavy atom. The van der Waals surface area contributed by atoms with Gasteiger partial charge in [-0.2, -0.15) is 0 Å². The van der Waals surface area contributed by atoms with Gasteiger partial charge in [0.05, 0.1) is 18.9 Å². The molecule has 0 spiro atoms. The molecule has 3 aliphatic heterocycles. The second-order valence-corrected chi connectivity index (χ2v) is 11.6. The number of amides is 4. The lowest BCUT2D eigenvalue weighted by molar-refractivity contribution is -0.198. The van der Waals surface area contributed by atoms with Gasteiger partial charge < -0.3 is 19.4 Å². The first-order valence-electron chi connectivity index (χ1n) is 12.5. The number of carbonyl (C=O) groups is 5. The third-order valence-corrected chi connectivity index (χ3v) is 7.32. The van der Waals surface area contributed by atoms with Crippen molar-refractivity contribution in [3.63, 3.8) is 0 Å². The summed E-state index contributed by atoms with van der Waals surface area (Å²) in [6.07, 6.45) is 0.858. The highest BCUT2D eigenvalue weighted by Gasteiger charge is 2.56. The number of benzene rings is 1. The van der Waals surface area contributed by atoms with Gasteiger partial charge in [0, 0.05) is 42.1 Å². The van der Waals surface area contributed by atoms with Crippen LogP contribution in [0.15, 0.2) is 30.0 Å². The van der Waals surface area contributed by atoms with Crippen molar-refractivity contribution in [1.29, 1.82) is 0 Å². The molecule has 3 heterocycles. The molecule has 0 bridgehead atoms. The second kappa shape index (κ2) is 10.1. The van der Waals surface area contributed by atoms with Crippen molar-refractivity contribution >= 4 is 41.4 Å². The maximum absolute atomic E-state index is 13.8. The normalized spacial score (nSPS) is 23.5. The first-order chi connectivity index (χ1) is 17.7. The van der Waals surface area contributed by atoms with Crippen LogP contribution in [0.2, 0.25) is 5.02 Å². The van der Waals surface area contributed by atoms with E-state index in [-0.39, 0.29) is 44.8 Å². The van der Waals surface area contributed by atoms with E-state index >= 15 is 0 Å². The highest BCUT2D eigenvalue weighted by molar-refractivity contribution is 6.30. The zero-order valence-electron chi connectivity index (χ0n) is 22.2. The van der Waals surface area contributed by atoms with Gasteiger partial charge in [-0.05, 0) is 57.0 Å². The number of ether oxygens (including phenoxy) is 1. The van der Waals surface area contributed by atoms with Crippen LogP contribution in [-0.2, 0) is 35.3 Å². The molecular formula is C27H32ClN3O7. The van der Waals surface area contributed by atoms with Crippen molar-refractivity contribution in [1.82, 2.24) is 14.9 Å². The van der Waals surface area contributed by atoms with Gasteiger partial charge in [0.25, 0.3) is 11.8 Å². The molecule has 38 heavy (non-hydrogen) atoms. The zero-order chi connectivity index (χ0) is 28.0. The molecule has 4 rings (SSSR count). The maximum Gasteiger partial charge on any atom is 0.410 e. The number of likely N-dealkylation sites (tertiary alicyclic amines) is 1. The van der Waals surface area contributed by atoms with Gasteiger partial charge in [0.2, 0.25) is 5.91 Å². The summed E-state index contributed by atoms with van der Waals surface area (Å²) >= 11 is 6.11. The lowest BCUT2D eigenvalue weighted by Crippen LogP contribution is -2.48. The molecule has 204 valence electrons. The van der Waals surface area contributed by atoms with Gasteiger partial charge in [-0.25, -0.2) is 9.59 Å². The summed E-state index contributed by atoms with van der Waals surface area (Å²) in [7, 11) is 0. The molecule has 0 aliphatic carbocycles. The van der Waals surface area contributed by atoms with Crippen LogP contribution in [0.1, 0.15) is 58.1 Å². The fourth-order valence-electron chi connectivity index (χ4n) is 5.17. The van der Waals surface area contributed by atoms with E-state index in [1.54, 1.807) is 31.7 Å². The van der Waals surface area contributed by atoms with E-state index in [0.717, 1.165) is 11.1 Å². The highest BCUT2D eigenvalue weighted by Crippen LogP contribution is 2.50. The predicted octanol–water partition coefficient (Wildman–Crippen LogP) is 3.75. The molecular weight excluding hydrogens is 514 g/mol. The van der Waals surface area contributed by atoms with E-state index < -0.39 is 40.8 Å².